The van der Waals surface area contributed by atoms with Gasteiger partial charge < -0.3 is 14.8 Å². The van der Waals surface area contributed by atoms with Crippen molar-refractivity contribution in [3.8, 4) is 0 Å². The van der Waals surface area contributed by atoms with Crippen molar-refractivity contribution in [2.24, 2.45) is 0 Å². The predicted octanol–water partition coefficient (Wildman–Crippen LogP) is 0.235. The molecule has 5 nitrogen and oxygen atoms in total. The summed E-state index contributed by atoms with van der Waals surface area (Å²) in [5.74, 6) is 0.0271. The summed E-state index contributed by atoms with van der Waals surface area (Å²) in [7, 11) is 0. The van der Waals surface area contributed by atoms with Crippen LogP contribution in [0.3, 0.4) is 0 Å². The Balaban J connectivity index is 1.82. The van der Waals surface area contributed by atoms with E-state index in [1.165, 1.54) is 0 Å². The number of amides is 1. The Kier molecular flexibility index (Phi) is 2.55. The molecule has 1 aliphatic carbocycles. The van der Waals surface area contributed by atoms with Crippen LogP contribution >= 0.6 is 0 Å². The molecule has 0 radical (unpaired) electrons. The molecule has 4 unspecified atom stereocenters. The second kappa shape index (κ2) is 4.16. The van der Waals surface area contributed by atoms with E-state index in [1.54, 1.807) is 0 Å². The molecule has 4 aliphatic rings. The molecular weight excluding hydrogens is 244 g/mol. The van der Waals surface area contributed by atoms with Crippen LogP contribution in [-0.4, -0.2) is 43.0 Å². The first kappa shape index (κ1) is 11.6. The fraction of sp³-hybridized carbons (Fsp3) is 0.643. The molecule has 3 fully saturated rings. The van der Waals surface area contributed by atoms with Crippen molar-refractivity contribution in [2.45, 2.75) is 43.1 Å². The van der Waals surface area contributed by atoms with Gasteiger partial charge in [-0.2, -0.15) is 0 Å². The van der Waals surface area contributed by atoms with Gasteiger partial charge in [0, 0.05) is 6.61 Å². The first-order valence-corrected chi connectivity index (χ1v) is 7.00. The number of nitrogens with one attached hydrogen (secondary N) is 2. The largest absolute Gasteiger partial charge is 0.373 e. The molecule has 0 saturated carbocycles. The van der Waals surface area contributed by atoms with Crippen LogP contribution in [0.2, 0.25) is 0 Å². The van der Waals surface area contributed by atoms with Gasteiger partial charge in [-0.1, -0.05) is 18.2 Å². The van der Waals surface area contributed by atoms with Crippen LogP contribution in [0, 0.1) is 0 Å². The Morgan fingerprint density at radius 3 is 3.21 bits per heavy atom. The molecule has 1 spiro atoms. The van der Waals surface area contributed by atoms with Crippen LogP contribution in [0.4, 0.5) is 0 Å². The van der Waals surface area contributed by atoms with Gasteiger partial charge in [-0.15, -0.1) is 0 Å². The molecule has 3 saturated heterocycles. The number of hydrogen-bond acceptors (Lipinski definition) is 4. The first-order valence-electron chi connectivity index (χ1n) is 7.00. The molecule has 2 N–H and O–H groups in total. The highest BCUT2D eigenvalue weighted by molar-refractivity contribution is 5.93. The predicted molar refractivity (Wildman–Crippen MR) is 68.4 cm³/mol. The minimum absolute atomic E-state index is 0.00398. The third-order valence-corrected chi connectivity index (χ3v) is 4.57. The number of carbonyl (C=O) groups is 1. The Morgan fingerprint density at radius 1 is 1.42 bits per heavy atom. The van der Waals surface area contributed by atoms with Gasteiger partial charge in [0.15, 0.2) is 5.54 Å². The average Bonchev–Trinajstić information content (AvgIpc) is 2.82. The van der Waals surface area contributed by atoms with Crippen LogP contribution in [0.15, 0.2) is 23.8 Å². The van der Waals surface area contributed by atoms with Gasteiger partial charge in [-0.05, 0) is 24.8 Å². The number of fused-ring (bicyclic) bond motifs is 4. The van der Waals surface area contributed by atoms with Crippen molar-refractivity contribution in [1.29, 1.82) is 0 Å². The maximum Gasteiger partial charge on any atom is 0.248 e. The van der Waals surface area contributed by atoms with E-state index in [2.05, 4.69) is 16.7 Å². The zero-order chi connectivity index (χ0) is 12.9. The highest BCUT2D eigenvalue weighted by Gasteiger charge is 2.60. The minimum Gasteiger partial charge on any atom is -0.373 e. The van der Waals surface area contributed by atoms with E-state index < -0.39 is 5.54 Å². The molecule has 3 aliphatic heterocycles. The standard InChI is InChI=1S/C14H18N2O3/c17-13-14(16-8-15-13)9-4-1-2-5-10(9)19-11-6-3-7-18-12(11)14/h1-2,4,10-12,16H,3,5-8H2,(H,15,17). The Hall–Kier alpha value is -1.17. The van der Waals surface area contributed by atoms with Crippen LogP contribution in [0.1, 0.15) is 19.3 Å². The molecule has 5 heteroatoms. The fourth-order valence-electron chi connectivity index (χ4n) is 3.74. The van der Waals surface area contributed by atoms with Gasteiger partial charge in [0.05, 0.1) is 18.9 Å². The van der Waals surface area contributed by atoms with Crippen LogP contribution < -0.4 is 10.6 Å². The number of hydrogen-bond donors (Lipinski definition) is 2. The normalized spacial score (nSPS) is 44.5. The summed E-state index contributed by atoms with van der Waals surface area (Å²) in [5.41, 5.74) is 0.298. The smallest absolute Gasteiger partial charge is 0.248 e. The second-order valence-corrected chi connectivity index (χ2v) is 5.55. The Bertz CT molecular complexity index is 473. The Labute approximate surface area is 112 Å². The number of ether oxygens (including phenoxy) is 2. The lowest BCUT2D eigenvalue weighted by molar-refractivity contribution is -0.178. The summed E-state index contributed by atoms with van der Waals surface area (Å²) >= 11 is 0. The lowest BCUT2D eigenvalue weighted by Gasteiger charge is -2.50. The summed E-state index contributed by atoms with van der Waals surface area (Å²) in [4.78, 5) is 12.5. The SMILES string of the molecule is O=C1NCNC12C1=CC=CCC1OC1CCCOC12. The van der Waals surface area contributed by atoms with Crippen molar-refractivity contribution in [2.75, 3.05) is 13.3 Å². The summed E-state index contributed by atoms with van der Waals surface area (Å²) < 4.78 is 12.1. The van der Waals surface area contributed by atoms with Crippen molar-refractivity contribution in [3.05, 3.63) is 23.8 Å². The van der Waals surface area contributed by atoms with Gasteiger partial charge in [0.1, 0.15) is 6.10 Å². The molecule has 4 rings (SSSR count). The van der Waals surface area contributed by atoms with Gasteiger partial charge in [-0.3, -0.25) is 10.1 Å². The number of rotatable bonds is 0. The van der Waals surface area contributed by atoms with Gasteiger partial charge >= 0.3 is 0 Å². The van der Waals surface area contributed by atoms with Gasteiger partial charge in [0.2, 0.25) is 5.91 Å². The second-order valence-electron chi connectivity index (χ2n) is 5.55. The molecule has 1 amide bonds. The molecular formula is C14H18N2O3. The van der Waals surface area contributed by atoms with E-state index in [9.17, 15) is 4.79 Å². The van der Waals surface area contributed by atoms with E-state index in [4.69, 9.17) is 9.47 Å². The van der Waals surface area contributed by atoms with E-state index >= 15 is 0 Å². The summed E-state index contributed by atoms with van der Waals surface area (Å²) in [6, 6.07) is 0. The summed E-state index contributed by atoms with van der Waals surface area (Å²) in [5, 5.41) is 6.25. The van der Waals surface area contributed by atoms with E-state index in [-0.39, 0.29) is 24.2 Å². The van der Waals surface area contributed by atoms with Gasteiger partial charge in [-0.25, -0.2) is 0 Å². The molecule has 102 valence electrons. The molecule has 0 bridgehead atoms. The highest BCUT2D eigenvalue weighted by atomic mass is 16.6. The van der Waals surface area contributed by atoms with Crippen LogP contribution in [-0.2, 0) is 14.3 Å². The first-order chi connectivity index (χ1) is 9.32. The van der Waals surface area contributed by atoms with Crippen molar-refractivity contribution < 1.29 is 14.3 Å². The lowest BCUT2D eigenvalue weighted by Crippen LogP contribution is -2.69. The third-order valence-electron chi connectivity index (χ3n) is 4.57. The average molecular weight is 262 g/mol. The third kappa shape index (κ3) is 1.49. The van der Waals surface area contributed by atoms with Gasteiger partial charge in [0.25, 0.3) is 0 Å². The molecule has 4 atom stereocenters. The Morgan fingerprint density at radius 2 is 2.37 bits per heavy atom. The van der Waals surface area contributed by atoms with E-state index in [0.29, 0.717) is 13.3 Å². The molecule has 19 heavy (non-hydrogen) atoms. The zero-order valence-corrected chi connectivity index (χ0v) is 10.7. The van der Waals surface area contributed by atoms with E-state index in [1.807, 2.05) is 12.2 Å². The van der Waals surface area contributed by atoms with Crippen molar-refractivity contribution in [1.82, 2.24) is 10.6 Å². The minimum atomic E-state index is -0.723. The number of allylic oxidation sites excluding steroid dienone is 2. The molecule has 3 heterocycles. The maximum atomic E-state index is 12.5. The zero-order valence-electron chi connectivity index (χ0n) is 10.7. The van der Waals surface area contributed by atoms with Crippen LogP contribution in [0.25, 0.3) is 0 Å². The van der Waals surface area contributed by atoms with Crippen molar-refractivity contribution >= 4 is 5.91 Å². The summed E-state index contributed by atoms with van der Waals surface area (Å²) in [6.07, 6.45) is 8.73. The highest BCUT2D eigenvalue weighted by Crippen LogP contribution is 2.43. The summed E-state index contributed by atoms with van der Waals surface area (Å²) in [6.45, 7) is 1.20. The quantitative estimate of drug-likeness (QED) is 0.656. The molecule has 0 aromatic heterocycles. The molecule has 0 aromatic carbocycles. The van der Waals surface area contributed by atoms with E-state index in [0.717, 1.165) is 24.8 Å². The maximum absolute atomic E-state index is 12.5. The number of carbonyl (C=O) groups excluding carboxylic acids is 1. The topological polar surface area (TPSA) is 59.6 Å². The molecule has 0 aromatic rings. The van der Waals surface area contributed by atoms with Crippen molar-refractivity contribution in [3.63, 3.8) is 0 Å². The monoisotopic (exact) mass is 262 g/mol. The van der Waals surface area contributed by atoms with Crippen LogP contribution in [0.5, 0.6) is 0 Å². The fourth-order valence-corrected chi connectivity index (χ4v) is 3.74. The lowest BCUT2D eigenvalue weighted by atomic mass is 9.73.